The maximum atomic E-state index is 11.9. The molecule has 0 unspecified atom stereocenters. The smallest absolute Gasteiger partial charge is 0.408 e. The summed E-state index contributed by atoms with van der Waals surface area (Å²) in [5.41, 5.74) is 2.32. The monoisotopic (exact) mass is 564 g/mol. The highest BCUT2D eigenvalue weighted by Crippen LogP contribution is 2.32. The maximum Gasteiger partial charge on any atom is 0.408 e. The van der Waals surface area contributed by atoms with Crippen LogP contribution < -0.4 is 10.6 Å². The zero-order valence-electron chi connectivity index (χ0n) is 23.5. The van der Waals surface area contributed by atoms with Gasteiger partial charge >= 0.3 is 6.09 Å². The number of aromatic nitrogens is 2. The van der Waals surface area contributed by atoms with E-state index in [9.17, 15) is 23.2 Å². The number of benzene rings is 2. The summed E-state index contributed by atoms with van der Waals surface area (Å²) < 4.78 is 29.2. The molecule has 0 fully saturated rings. The number of carbonyl (C=O) groups excluding carboxylic acids is 3. The molecule has 3 aromatic rings. The Balaban J connectivity index is 0.000000234. The van der Waals surface area contributed by atoms with Crippen molar-refractivity contribution >= 4 is 17.9 Å². The first-order valence-corrected chi connectivity index (χ1v) is 12.9. The summed E-state index contributed by atoms with van der Waals surface area (Å²) >= 11 is 0. The molecular formula is C31H34F2N4O4. The number of carbonyl (C=O) groups is 3. The van der Waals surface area contributed by atoms with Crippen molar-refractivity contribution in [3.63, 3.8) is 0 Å². The highest BCUT2D eigenvalue weighted by molar-refractivity contribution is 6.21. The van der Waals surface area contributed by atoms with Gasteiger partial charge in [0.2, 0.25) is 0 Å². The molecule has 216 valence electrons. The lowest BCUT2D eigenvalue weighted by molar-refractivity contribution is 0.0499. The van der Waals surface area contributed by atoms with E-state index in [1.807, 2.05) is 20.8 Å². The van der Waals surface area contributed by atoms with Crippen molar-refractivity contribution in [2.24, 2.45) is 0 Å². The van der Waals surface area contributed by atoms with Gasteiger partial charge in [-0.2, -0.15) is 0 Å². The summed E-state index contributed by atoms with van der Waals surface area (Å²) in [7, 11) is 0. The number of ether oxygens (including phenoxy) is 1. The summed E-state index contributed by atoms with van der Waals surface area (Å²) in [5.74, 6) is -1.82. The van der Waals surface area contributed by atoms with Crippen LogP contribution in [0.2, 0.25) is 0 Å². The summed E-state index contributed by atoms with van der Waals surface area (Å²) in [4.78, 5) is 42.7. The number of hydrogen-bond donors (Lipinski definition) is 2. The Labute approximate surface area is 238 Å². The van der Waals surface area contributed by atoms with E-state index < -0.39 is 23.3 Å². The maximum absolute atomic E-state index is 11.9. The van der Waals surface area contributed by atoms with Crippen LogP contribution in [-0.2, 0) is 4.74 Å². The number of hydrogen-bond acceptors (Lipinski definition) is 6. The van der Waals surface area contributed by atoms with Crippen molar-refractivity contribution in [1.82, 2.24) is 20.6 Å². The zero-order chi connectivity index (χ0) is 30.6. The highest BCUT2D eigenvalue weighted by Gasteiger charge is 2.28. The van der Waals surface area contributed by atoms with Gasteiger partial charge in [-0.05, 0) is 57.9 Å². The molecule has 8 nitrogen and oxygen atoms in total. The topological polar surface area (TPSA) is 110 Å². The second-order valence-corrected chi connectivity index (χ2v) is 10.1. The fraction of sp³-hybridized carbons (Fsp3) is 0.323. The fourth-order valence-electron chi connectivity index (χ4n) is 4.06. The van der Waals surface area contributed by atoms with E-state index in [4.69, 9.17) is 4.74 Å². The van der Waals surface area contributed by atoms with Gasteiger partial charge in [0.15, 0.2) is 11.6 Å². The first-order chi connectivity index (χ1) is 19.5. The van der Waals surface area contributed by atoms with Gasteiger partial charge in [0.05, 0.1) is 28.6 Å². The first kappa shape index (κ1) is 32.6. The summed E-state index contributed by atoms with van der Waals surface area (Å²) in [6.45, 7) is 7.73. The Kier molecular flexibility index (Phi) is 12.1. The van der Waals surface area contributed by atoms with Crippen LogP contribution in [0, 0.1) is 24.5 Å². The Morgan fingerprint density at radius 2 is 1.39 bits per heavy atom. The Morgan fingerprint density at radius 3 is 1.88 bits per heavy atom. The molecule has 1 aromatic heterocycles. The molecule has 0 saturated carbocycles. The van der Waals surface area contributed by atoms with Gasteiger partial charge in [0.1, 0.15) is 5.60 Å². The third-order valence-corrected chi connectivity index (χ3v) is 5.84. The second kappa shape index (κ2) is 15.2. The van der Waals surface area contributed by atoms with Gasteiger partial charge in [-0.15, -0.1) is 12.8 Å². The lowest BCUT2D eigenvalue weighted by Crippen LogP contribution is -2.35. The number of nitrogens with zero attached hydrogens (tertiary/aromatic N) is 2. The highest BCUT2D eigenvalue weighted by atomic mass is 19.2. The molecule has 2 aromatic carbocycles. The molecule has 2 N–H and O–H groups in total. The molecule has 5 rings (SSSR count). The molecule has 0 saturated heterocycles. The lowest BCUT2D eigenvalue weighted by Gasteiger charge is -2.23. The van der Waals surface area contributed by atoms with Crippen LogP contribution in [0.25, 0.3) is 0 Å². The molecule has 3 amide bonds. The number of fused-ring (bicyclic) bond motifs is 2. The van der Waals surface area contributed by atoms with Crippen LogP contribution in [0.5, 0.6) is 0 Å². The van der Waals surface area contributed by atoms with E-state index in [-0.39, 0.29) is 17.9 Å². The van der Waals surface area contributed by atoms with E-state index in [2.05, 4.69) is 40.4 Å². The largest absolute Gasteiger partial charge is 0.444 e. The van der Waals surface area contributed by atoms with Crippen molar-refractivity contribution in [2.75, 3.05) is 0 Å². The number of nitrogens with one attached hydrogen (secondary N) is 2. The van der Waals surface area contributed by atoms with Crippen LogP contribution in [0.4, 0.5) is 13.6 Å². The average Bonchev–Trinajstić information content (AvgIpc) is 3.14. The molecule has 0 radical (unpaired) electrons. The SMILES string of the molecule is C#C.C[C@@H]1CCC[C@H](NC(=O)OC(C)(C)C)c2nccnc21.Fc1ccccc1F.O=C1NC(=O)c2ccccc21. The number of terminal acetylenes is 1. The number of rotatable bonds is 1. The van der Waals surface area contributed by atoms with Crippen LogP contribution >= 0.6 is 0 Å². The van der Waals surface area contributed by atoms with Gasteiger partial charge in [-0.1, -0.05) is 37.6 Å². The van der Waals surface area contributed by atoms with E-state index in [1.165, 1.54) is 12.1 Å². The fourth-order valence-corrected chi connectivity index (χ4v) is 4.06. The van der Waals surface area contributed by atoms with Gasteiger partial charge in [0, 0.05) is 18.3 Å². The Bertz CT molecular complexity index is 1320. The summed E-state index contributed by atoms with van der Waals surface area (Å²) in [6.07, 6.45) is 14.0. The normalized spacial score (nSPS) is 16.8. The van der Waals surface area contributed by atoms with Crippen LogP contribution in [0.15, 0.2) is 60.9 Å². The van der Waals surface area contributed by atoms with Crippen molar-refractivity contribution in [3.05, 3.63) is 95.1 Å². The number of imide groups is 1. The minimum atomic E-state index is -0.799. The molecule has 0 spiro atoms. The zero-order valence-corrected chi connectivity index (χ0v) is 23.5. The predicted molar refractivity (Wildman–Crippen MR) is 151 cm³/mol. The van der Waals surface area contributed by atoms with Gasteiger partial charge in [0.25, 0.3) is 11.8 Å². The van der Waals surface area contributed by atoms with Crippen molar-refractivity contribution in [2.45, 2.75) is 64.5 Å². The minimum absolute atomic E-state index is 0.113. The van der Waals surface area contributed by atoms with E-state index in [0.717, 1.165) is 42.8 Å². The third-order valence-electron chi connectivity index (χ3n) is 5.84. The Morgan fingerprint density at radius 1 is 0.902 bits per heavy atom. The Hall–Kier alpha value is -4.65. The van der Waals surface area contributed by atoms with E-state index >= 15 is 0 Å². The summed E-state index contributed by atoms with van der Waals surface area (Å²) in [6, 6.07) is 11.7. The van der Waals surface area contributed by atoms with Crippen molar-refractivity contribution in [3.8, 4) is 12.8 Å². The molecule has 1 aliphatic heterocycles. The first-order valence-electron chi connectivity index (χ1n) is 12.9. The quantitative estimate of drug-likeness (QED) is 0.210. The van der Waals surface area contributed by atoms with Gasteiger partial charge < -0.3 is 10.1 Å². The molecule has 0 bridgehead atoms. The van der Waals surface area contributed by atoms with Crippen LogP contribution in [-0.4, -0.2) is 33.5 Å². The molecule has 2 heterocycles. The minimum Gasteiger partial charge on any atom is -0.444 e. The summed E-state index contributed by atoms with van der Waals surface area (Å²) in [5, 5.41) is 5.13. The molecule has 2 aliphatic rings. The van der Waals surface area contributed by atoms with Crippen LogP contribution in [0.1, 0.15) is 91.0 Å². The van der Waals surface area contributed by atoms with Crippen LogP contribution in [0.3, 0.4) is 0 Å². The number of alkyl carbamates (subject to hydrolysis) is 1. The standard InChI is InChI=1S/C15H23N3O2.C8H5NO2.C6H4F2.C2H2/c1-10-6-5-7-11(13-12(10)16-8-9-17-13)18-14(19)20-15(2,3)4;10-7-5-3-1-2-4-6(5)8(11)9-7;7-5-3-1-2-4-6(5)8;1-2/h8-11H,5-7H2,1-4H3,(H,18,19);1-4H,(H,9,10,11);1-4H;1-2H/t10-,11+;;;/m1.../s1. The van der Waals surface area contributed by atoms with E-state index in [1.54, 1.807) is 36.7 Å². The van der Waals surface area contributed by atoms with E-state index in [0.29, 0.717) is 17.0 Å². The second-order valence-electron chi connectivity index (χ2n) is 10.1. The van der Waals surface area contributed by atoms with Gasteiger partial charge in [-0.25, -0.2) is 13.6 Å². The van der Waals surface area contributed by atoms with Crippen molar-refractivity contribution < 1.29 is 27.9 Å². The van der Waals surface area contributed by atoms with Crippen molar-refractivity contribution in [1.29, 1.82) is 0 Å². The predicted octanol–water partition coefficient (Wildman–Crippen LogP) is 6.11. The van der Waals surface area contributed by atoms with Gasteiger partial charge in [-0.3, -0.25) is 24.9 Å². The third kappa shape index (κ3) is 9.80. The average molecular weight is 565 g/mol. The molecule has 41 heavy (non-hydrogen) atoms. The molecule has 2 atom stereocenters. The molecular weight excluding hydrogens is 530 g/mol. The lowest BCUT2D eigenvalue weighted by atomic mass is 10.0. The number of amides is 3. The number of halogens is 2. The molecule has 1 aliphatic carbocycles. The molecule has 10 heteroatoms.